The van der Waals surface area contributed by atoms with Crippen molar-refractivity contribution in [3.8, 4) is 0 Å². The number of aryl methyl sites for hydroxylation is 1. The minimum Gasteiger partial charge on any atom is -0.360 e. The van der Waals surface area contributed by atoms with Gasteiger partial charge in [0.25, 0.3) is 0 Å². The highest BCUT2D eigenvalue weighted by Gasteiger charge is 2.15. The summed E-state index contributed by atoms with van der Waals surface area (Å²) in [5.74, 6) is 0. The van der Waals surface area contributed by atoms with Crippen LogP contribution in [0.4, 0.5) is 0 Å². The quantitative estimate of drug-likeness (QED) is 0.835. The Bertz CT molecular complexity index is 397. The maximum Gasteiger partial charge on any atom is 0.167 e. The van der Waals surface area contributed by atoms with E-state index in [0.717, 1.165) is 15.8 Å². The summed E-state index contributed by atoms with van der Waals surface area (Å²) < 4.78 is 0. The van der Waals surface area contributed by atoms with Crippen LogP contribution >= 0.6 is 23.6 Å². The standard InChI is InChI=1S/C13H21N3S2/c1-9(12-8-18-10(2)15-12)14-13(17)16-11-6-4-3-5-7-11/h8-9,11H,3-7H2,1-2H3,(H2,14,16,17). The molecule has 0 aliphatic heterocycles. The van der Waals surface area contributed by atoms with Crippen LogP contribution < -0.4 is 10.6 Å². The predicted octanol–water partition coefficient (Wildman–Crippen LogP) is 3.31. The summed E-state index contributed by atoms with van der Waals surface area (Å²) in [6, 6.07) is 0.738. The summed E-state index contributed by atoms with van der Waals surface area (Å²) in [4.78, 5) is 4.48. The molecule has 5 heteroatoms. The van der Waals surface area contributed by atoms with Crippen molar-refractivity contribution >= 4 is 28.7 Å². The van der Waals surface area contributed by atoms with Crippen molar-refractivity contribution in [3.63, 3.8) is 0 Å². The minimum absolute atomic E-state index is 0.179. The number of thiazole rings is 1. The Morgan fingerprint density at radius 3 is 2.78 bits per heavy atom. The lowest BCUT2D eigenvalue weighted by Crippen LogP contribution is -2.43. The van der Waals surface area contributed by atoms with Gasteiger partial charge in [-0.1, -0.05) is 19.3 Å². The van der Waals surface area contributed by atoms with Crippen LogP contribution in [0.5, 0.6) is 0 Å². The van der Waals surface area contributed by atoms with E-state index in [-0.39, 0.29) is 6.04 Å². The van der Waals surface area contributed by atoms with Crippen molar-refractivity contribution in [1.82, 2.24) is 15.6 Å². The van der Waals surface area contributed by atoms with Gasteiger partial charge < -0.3 is 10.6 Å². The van der Waals surface area contributed by atoms with Crippen LogP contribution in [-0.4, -0.2) is 16.1 Å². The number of rotatable bonds is 3. The average Bonchev–Trinajstić information content (AvgIpc) is 2.77. The smallest absolute Gasteiger partial charge is 0.167 e. The molecule has 1 atom stereocenters. The molecule has 0 saturated heterocycles. The Morgan fingerprint density at radius 1 is 1.44 bits per heavy atom. The maximum absolute atomic E-state index is 5.37. The van der Waals surface area contributed by atoms with E-state index in [1.807, 2.05) is 6.92 Å². The number of nitrogens with one attached hydrogen (secondary N) is 2. The van der Waals surface area contributed by atoms with E-state index in [2.05, 4.69) is 27.9 Å². The van der Waals surface area contributed by atoms with E-state index in [1.54, 1.807) is 11.3 Å². The van der Waals surface area contributed by atoms with E-state index < -0.39 is 0 Å². The third kappa shape index (κ3) is 3.92. The molecule has 0 aromatic carbocycles. The van der Waals surface area contributed by atoms with Crippen LogP contribution in [0, 0.1) is 6.92 Å². The second-order valence-electron chi connectivity index (χ2n) is 4.97. The third-order valence-corrected chi connectivity index (χ3v) is 4.40. The van der Waals surface area contributed by atoms with Gasteiger partial charge in [-0.25, -0.2) is 4.98 Å². The van der Waals surface area contributed by atoms with Crippen LogP contribution in [0.25, 0.3) is 0 Å². The van der Waals surface area contributed by atoms with Crippen molar-refractivity contribution in [2.45, 2.75) is 58.0 Å². The number of nitrogens with zero attached hydrogens (tertiary/aromatic N) is 1. The normalized spacial score (nSPS) is 18.3. The fraction of sp³-hybridized carbons (Fsp3) is 0.692. The average molecular weight is 283 g/mol. The Labute approximate surface area is 118 Å². The van der Waals surface area contributed by atoms with Gasteiger partial charge in [0.1, 0.15) is 0 Å². The van der Waals surface area contributed by atoms with E-state index in [9.17, 15) is 0 Å². The Balaban J connectivity index is 1.79. The van der Waals surface area contributed by atoms with Gasteiger partial charge in [0.15, 0.2) is 5.11 Å². The lowest BCUT2D eigenvalue weighted by molar-refractivity contribution is 0.410. The van der Waals surface area contributed by atoms with Crippen molar-refractivity contribution < 1.29 is 0 Å². The molecule has 1 unspecified atom stereocenters. The summed E-state index contributed by atoms with van der Waals surface area (Å²) in [6.07, 6.45) is 6.49. The molecular weight excluding hydrogens is 262 g/mol. The summed E-state index contributed by atoms with van der Waals surface area (Å²) in [7, 11) is 0. The summed E-state index contributed by atoms with van der Waals surface area (Å²) in [6.45, 7) is 4.13. The van der Waals surface area contributed by atoms with Crippen molar-refractivity contribution in [2.24, 2.45) is 0 Å². The topological polar surface area (TPSA) is 37.0 Å². The fourth-order valence-electron chi connectivity index (χ4n) is 2.32. The first-order valence-corrected chi connectivity index (χ1v) is 7.93. The lowest BCUT2D eigenvalue weighted by Gasteiger charge is -2.25. The zero-order valence-electron chi connectivity index (χ0n) is 11.0. The van der Waals surface area contributed by atoms with Gasteiger partial charge in [-0.15, -0.1) is 11.3 Å². The van der Waals surface area contributed by atoms with Crippen LogP contribution in [-0.2, 0) is 0 Å². The fourth-order valence-corrected chi connectivity index (χ4v) is 3.37. The SMILES string of the molecule is Cc1nc(C(C)NC(=S)NC2CCCCC2)cs1. The molecule has 1 aromatic rings. The van der Waals surface area contributed by atoms with Crippen molar-refractivity contribution in [3.05, 3.63) is 16.1 Å². The molecular formula is C13H21N3S2. The highest BCUT2D eigenvalue weighted by Crippen LogP contribution is 2.18. The van der Waals surface area contributed by atoms with Gasteiger partial charge in [0, 0.05) is 11.4 Å². The van der Waals surface area contributed by atoms with Gasteiger partial charge in [-0.2, -0.15) is 0 Å². The number of hydrogen-bond donors (Lipinski definition) is 2. The molecule has 3 nitrogen and oxygen atoms in total. The van der Waals surface area contributed by atoms with Gasteiger partial charge in [0.2, 0.25) is 0 Å². The molecule has 2 N–H and O–H groups in total. The molecule has 1 fully saturated rings. The lowest BCUT2D eigenvalue weighted by atomic mass is 9.96. The molecule has 2 rings (SSSR count). The van der Waals surface area contributed by atoms with E-state index in [0.29, 0.717) is 6.04 Å². The molecule has 1 heterocycles. The molecule has 1 saturated carbocycles. The third-order valence-electron chi connectivity index (χ3n) is 3.37. The highest BCUT2D eigenvalue weighted by atomic mass is 32.1. The monoisotopic (exact) mass is 283 g/mol. The molecule has 0 radical (unpaired) electrons. The second-order valence-corrected chi connectivity index (χ2v) is 6.44. The van der Waals surface area contributed by atoms with Gasteiger partial charge in [0.05, 0.1) is 16.7 Å². The van der Waals surface area contributed by atoms with Crippen molar-refractivity contribution in [1.29, 1.82) is 0 Å². The largest absolute Gasteiger partial charge is 0.360 e. The van der Waals surface area contributed by atoms with Gasteiger partial charge in [-0.3, -0.25) is 0 Å². The van der Waals surface area contributed by atoms with Gasteiger partial charge in [-0.05, 0) is 38.9 Å². The summed E-state index contributed by atoms with van der Waals surface area (Å²) >= 11 is 7.05. The first-order valence-electron chi connectivity index (χ1n) is 6.64. The molecule has 1 aliphatic rings. The van der Waals surface area contributed by atoms with Crippen LogP contribution in [0.1, 0.15) is 55.8 Å². The first-order chi connectivity index (χ1) is 8.65. The summed E-state index contributed by atoms with van der Waals surface area (Å²) in [5.41, 5.74) is 1.07. The van der Waals surface area contributed by atoms with Crippen molar-refractivity contribution in [2.75, 3.05) is 0 Å². The van der Waals surface area contributed by atoms with E-state index >= 15 is 0 Å². The molecule has 1 aromatic heterocycles. The molecule has 0 spiro atoms. The summed E-state index contributed by atoms with van der Waals surface area (Å²) in [5, 5.41) is 10.7. The van der Waals surface area contributed by atoms with Crippen LogP contribution in [0.2, 0.25) is 0 Å². The molecule has 0 amide bonds. The zero-order chi connectivity index (χ0) is 13.0. The van der Waals surface area contributed by atoms with Crippen LogP contribution in [0.3, 0.4) is 0 Å². The molecule has 18 heavy (non-hydrogen) atoms. The number of aromatic nitrogens is 1. The second kappa shape index (κ2) is 6.48. The minimum atomic E-state index is 0.179. The predicted molar refractivity (Wildman–Crippen MR) is 81.0 cm³/mol. The molecule has 1 aliphatic carbocycles. The number of thiocarbonyl (C=S) groups is 1. The maximum atomic E-state index is 5.37. The Hall–Kier alpha value is -0.680. The Morgan fingerprint density at radius 2 is 2.17 bits per heavy atom. The van der Waals surface area contributed by atoms with E-state index in [1.165, 1.54) is 32.1 Å². The van der Waals surface area contributed by atoms with E-state index in [4.69, 9.17) is 12.2 Å². The molecule has 0 bridgehead atoms. The Kier molecular flexibility index (Phi) is 4.95. The highest BCUT2D eigenvalue weighted by molar-refractivity contribution is 7.80. The van der Waals surface area contributed by atoms with Crippen LogP contribution in [0.15, 0.2) is 5.38 Å². The molecule has 100 valence electrons. The number of hydrogen-bond acceptors (Lipinski definition) is 3. The van der Waals surface area contributed by atoms with Gasteiger partial charge >= 0.3 is 0 Å². The zero-order valence-corrected chi connectivity index (χ0v) is 12.7. The first kappa shape index (κ1) is 13.7.